The van der Waals surface area contributed by atoms with Gasteiger partial charge in [0.05, 0.1) is 5.56 Å². The van der Waals surface area contributed by atoms with E-state index in [-0.39, 0.29) is 17.3 Å². The molecule has 1 aliphatic carbocycles. The number of halogens is 3. The molecule has 0 radical (unpaired) electrons. The lowest BCUT2D eigenvalue weighted by Crippen LogP contribution is -2.63. The molecule has 0 spiro atoms. The lowest BCUT2D eigenvalue weighted by atomic mass is 9.61. The van der Waals surface area contributed by atoms with Gasteiger partial charge in [-0.15, -0.1) is 0 Å². The number of para-hydroxylation sites is 1. The van der Waals surface area contributed by atoms with Gasteiger partial charge in [0.1, 0.15) is 11.9 Å². The van der Waals surface area contributed by atoms with Crippen LogP contribution in [0.25, 0.3) is 0 Å². The molecular weight excluding hydrogens is 279 g/mol. The molecule has 1 fully saturated rings. The first-order chi connectivity index (χ1) is 9.82. The number of nitrogens with one attached hydrogen (secondary N) is 1. The Balaban J connectivity index is 2.17. The van der Waals surface area contributed by atoms with Crippen LogP contribution in [0, 0.1) is 5.41 Å². The van der Waals surface area contributed by atoms with E-state index in [0.717, 1.165) is 25.5 Å². The number of benzene rings is 1. The fraction of sp³-hybridized carbons (Fsp3) is 0.625. The Morgan fingerprint density at radius 3 is 2.52 bits per heavy atom. The second-order valence-electron chi connectivity index (χ2n) is 5.81. The quantitative estimate of drug-likeness (QED) is 0.878. The smallest absolute Gasteiger partial charge is 0.419 e. The van der Waals surface area contributed by atoms with Crippen LogP contribution in [0.5, 0.6) is 5.75 Å². The zero-order chi connectivity index (χ0) is 15.7. The highest BCUT2D eigenvalue weighted by Gasteiger charge is 2.52. The van der Waals surface area contributed by atoms with Gasteiger partial charge in [-0.1, -0.05) is 32.9 Å². The van der Waals surface area contributed by atoms with Crippen molar-refractivity contribution in [1.29, 1.82) is 0 Å². The van der Waals surface area contributed by atoms with Crippen LogP contribution in [-0.4, -0.2) is 18.7 Å². The van der Waals surface area contributed by atoms with Crippen molar-refractivity contribution in [3.63, 3.8) is 0 Å². The first-order valence-electron chi connectivity index (χ1n) is 7.39. The predicted molar refractivity (Wildman–Crippen MR) is 76.3 cm³/mol. The van der Waals surface area contributed by atoms with Gasteiger partial charge in [-0.05, 0) is 25.1 Å². The molecule has 1 saturated carbocycles. The topological polar surface area (TPSA) is 21.3 Å². The molecule has 0 aliphatic heterocycles. The van der Waals surface area contributed by atoms with Crippen LogP contribution >= 0.6 is 0 Å². The Bertz CT molecular complexity index is 489. The summed E-state index contributed by atoms with van der Waals surface area (Å²) in [5, 5.41) is 3.38. The van der Waals surface area contributed by atoms with Crippen LogP contribution in [0.2, 0.25) is 0 Å². The van der Waals surface area contributed by atoms with Crippen molar-refractivity contribution >= 4 is 0 Å². The van der Waals surface area contributed by atoms with Gasteiger partial charge in [0.15, 0.2) is 0 Å². The molecule has 118 valence electrons. The zero-order valence-electron chi connectivity index (χ0n) is 12.6. The summed E-state index contributed by atoms with van der Waals surface area (Å²) in [6.45, 7) is 7.01. The molecule has 0 amide bonds. The van der Waals surface area contributed by atoms with Crippen LogP contribution in [-0.2, 0) is 6.18 Å². The zero-order valence-corrected chi connectivity index (χ0v) is 12.6. The maximum atomic E-state index is 13.0. The standard InChI is InChI=1S/C16H22F3NO/c1-4-15(3)13(20-5-2)10-14(15)21-12-9-7-6-8-11(12)16(17,18)19/h6-9,13-14,20H,4-5,10H2,1-3H3. The van der Waals surface area contributed by atoms with Crippen LogP contribution in [0.1, 0.15) is 39.2 Å². The number of hydrogen-bond donors (Lipinski definition) is 1. The van der Waals surface area contributed by atoms with Crippen molar-refractivity contribution in [2.45, 2.75) is 51.9 Å². The third-order valence-electron chi connectivity index (χ3n) is 4.66. The Morgan fingerprint density at radius 2 is 1.95 bits per heavy atom. The summed E-state index contributed by atoms with van der Waals surface area (Å²) in [5.41, 5.74) is -0.829. The fourth-order valence-corrected chi connectivity index (χ4v) is 2.99. The van der Waals surface area contributed by atoms with E-state index >= 15 is 0 Å². The summed E-state index contributed by atoms with van der Waals surface area (Å²) in [4.78, 5) is 0. The average molecular weight is 301 g/mol. The summed E-state index contributed by atoms with van der Waals surface area (Å²) in [7, 11) is 0. The van der Waals surface area contributed by atoms with E-state index in [1.165, 1.54) is 12.1 Å². The minimum Gasteiger partial charge on any atom is -0.489 e. The molecule has 3 atom stereocenters. The molecule has 1 N–H and O–H groups in total. The van der Waals surface area contributed by atoms with Gasteiger partial charge >= 0.3 is 6.18 Å². The minimum atomic E-state index is -4.38. The first kappa shape index (κ1) is 16.1. The maximum Gasteiger partial charge on any atom is 0.419 e. The highest BCUT2D eigenvalue weighted by molar-refractivity contribution is 5.36. The minimum absolute atomic E-state index is 0.0652. The van der Waals surface area contributed by atoms with Crippen LogP contribution in [0.3, 0.4) is 0 Å². The third-order valence-corrected chi connectivity index (χ3v) is 4.66. The highest BCUT2D eigenvalue weighted by atomic mass is 19.4. The van der Waals surface area contributed by atoms with Crippen LogP contribution in [0.4, 0.5) is 13.2 Å². The summed E-state index contributed by atoms with van der Waals surface area (Å²) in [5.74, 6) is -0.0652. The molecule has 21 heavy (non-hydrogen) atoms. The second kappa shape index (κ2) is 5.87. The van der Waals surface area contributed by atoms with Gasteiger partial charge in [-0.25, -0.2) is 0 Å². The molecule has 0 saturated heterocycles. The van der Waals surface area contributed by atoms with Gasteiger partial charge in [0, 0.05) is 17.9 Å². The molecule has 1 aliphatic rings. The molecule has 0 aromatic heterocycles. The largest absolute Gasteiger partial charge is 0.489 e. The molecule has 2 nitrogen and oxygen atoms in total. The van der Waals surface area contributed by atoms with Crippen LogP contribution < -0.4 is 10.1 Å². The molecule has 1 aromatic carbocycles. The highest BCUT2D eigenvalue weighted by Crippen LogP contribution is 2.47. The van der Waals surface area contributed by atoms with Crippen LogP contribution in [0.15, 0.2) is 24.3 Å². The van der Waals surface area contributed by atoms with Gasteiger partial charge in [0.2, 0.25) is 0 Å². The van der Waals surface area contributed by atoms with E-state index < -0.39 is 11.7 Å². The number of ether oxygens (including phenoxy) is 1. The van der Waals surface area contributed by atoms with Crippen molar-refractivity contribution in [2.24, 2.45) is 5.41 Å². The molecule has 2 rings (SSSR count). The van der Waals surface area contributed by atoms with E-state index in [2.05, 4.69) is 19.2 Å². The normalized spacial score (nSPS) is 29.0. The van der Waals surface area contributed by atoms with Gasteiger partial charge < -0.3 is 10.1 Å². The first-order valence-corrected chi connectivity index (χ1v) is 7.39. The number of hydrogen-bond acceptors (Lipinski definition) is 2. The predicted octanol–water partition coefficient (Wildman–Crippen LogP) is 4.25. The number of alkyl halides is 3. The Hall–Kier alpha value is -1.23. The van der Waals surface area contributed by atoms with E-state index in [0.29, 0.717) is 6.04 Å². The average Bonchev–Trinajstić information content (AvgIpc) is 2.44. The van der Waals surface area contributed by atoms with Gasteiger partial charge in [-0.3, -0.25) is 0 Å². The SMILES string of the molecule is CCNC1CC(Oc2ccccc2C(F)(F)F)C1(C)CC. The van der Waals surface area contributed by atoms with E-state index in [1.54, 1.807) is 6.07 Å². The molecular formula is C16H22F3NO. The summed E-state index contributed by atoms with van der Waals surface area (Å²) >= 11 is 0. The second-order valence-corrected chi connectivity index (χ2v) is 5.81. The van der Waals surface area contributed by atoms with Gasteiger partial charge in [-0.2, -0.15) is 13.2 Å². The van der Waals surface area contributed by atoms with Crippen molar-refractivity contribution < 1.29 is 17.9 Å². The maximum absolute atomic E-state index is 13.0. The van der Waals surface area contributed by atoms with E-state index in [1.807, 2.05) is 6.92 Å². The van der Waals surface area contributed by atoms with E-state index in [4.69, 9.17) is 4.74 Å². The number of rotatable bonds is 5. The van der Waals surface area contributed by atoms with Crippen molar-refractivity contribution in [1.82, 2.24) is 5.32 Å². The lowest BCUT2D eigenvalue weighted by molar-refractivity contribution is -0.141. The Morgan fingerprint density at radius 1 is 1.29 bits per heavy atom. The summed E-state index contributed by atoms with van der Waals surface area (Å²) < 4.78 is 44.7. The lowest BCUT2D eigenvalue weighted by Gasteiger charge is -2.53. The Labute approximate surface area is 123 Å². The molecule has 0 bridgehead atoms. The van der Waals surface area contributed by atoms with Crippen molar-refractivity contribution in [2.75, 3.05) is 6.54 Å². The molecule has 3 unspecified atom stereocenters. The Kier molecular flexibility index (Phi) is 4.51. The fourth-order valence-electron chi connectivity index (χ4n) is 2.99. The molecule has 1 aromatic rings. The summed E-state index contributed by atoms with van der Waals surface area (Å²) in [6.07, 6.45) is -2.96. The monoisotopic (exact) mass is 301 g/mol. The van der Waals surface area contributed by atoms with E-state index in [9.17, 15) is 13.2 Å². The van der Waals surface area contributed by atoms with Crippen molar-refractivity contribution in [3.8, 4) is 5.75 Å². The molecule has 5 heteroatoms. The van der Waals surface area contributed by atoms with Gasteiger partial charge in [0.25, 0.3) is 0 Å². The third kappa shape index (κ3) is 3.03. The van der Waals surface area contributed by atoms with Crippen molar-refractivity contribution in [3.05, 3.63) is 29.8 Å². The summed E-state index contributed by atoms with van der Waals surface area (Å²) in [6, 6.07) is 5.74. The molecule has 0 heterocycles.